The second kappa shape index (κ2) is 14.3. The van der Waals surface area contributed by atoms with E-state index >= 15 is 0 Å². The molecule has 0 radical (unpaired) electrons. The second-order valence-electron chi connectivity index (χ2n) is 5.03. The molecular formula is C16H31NO. The Morgan fingerprint density at radius 3 is 2.00 bits per heavy atom. The lowest BCUT2D eigenvalue weighted by Crippen LogP contribution is -2.19. The van der Waals surface area contributed by atoms with Crippen LogP contribution < -0.4 is 5.32 Å². The fourth-order valence-electron chi connectivity index (χ4n) is 1.98. The van der Waals surface area contributed by atoms with Crippen LogP contribution in [0.2, 0.25) is 0 Å². The molecule has 2 heteroatoms. The number of amides is 1. The van der Waals surface area contributed by atoms with Gasteiger partial charge in [0.1, 0.15) is 0 Å². The third-order valence-electron chi connectivity index (χ3n) is 3.11. The van der Waals surface area contributed by atoms with Gasteiger partial charge in [0.2, 0.25) is 5.91 Å². The van der Waals surface area contributed by atoms with E-state index in [9.17, 15) is 4.79 Å². The Morgan fingerprint density at radius 1 is 0.889 bits per heavy atom. The van der Waals surface area contributed by atoms with Crippen LogP contribution in [0, 0.1) is 0 Å². The van der Waals surface area contributed by atoms with Crippen LogP contribution in [-0.4, -0.2) is 12.5 Å². The predicted molar refractivity (Wildman–Crippen MR) is 79.7 cm³/mol. The van der Waals surface area contributed by atoms with E-state index in [1.54, 1.807) is 6.92 Å². The predicted octanol–water partition coefficient (Wildman–Crippen LogP) is 4.60. The van der Waals surface area contributed by atoms with Crippen molar-refractivity contribution >= 4 is 5.91 Å². The van der Waals surface area contributed by atoms with E-state index in [-0.39, 0.29) is 5.91 Å². The molecule has 0 atom stereocenters. The Bertz CT molecular complexity index is 211. The first-order valence-electron chi connectivity index (χ1n) is 7.66. The standard InChI is InChI=1S/C16H31NO/c1-3-4-5-6-7-8-9-10-11-12-13-14-15-17-16(2)18/h13-14H,3-12,15H2,1-2H3,(H,17,18). The molecule has 0 fully saturated rings. The molecule has 0 saturated carbocycles. The third kappa shape index (κ3) is 15.2. The Kier molecular flexibility index (Phi) is 13.6. The molecule has 0 saturated heterocycles. The molecule has 0 unspecified atom stereocenters. The number of nitrogens with one attached hydrogen (secondary N) is 1. The van der Waals surface area contributed by atoms with E-state index < -0.39 is 0 Å². The Morgan fingerprint density at radius 2 is 1.44 bits per heavy atom. The molecule has 0 aliphatic rings. The fraction of sp³-hybridized carbons (Fsp3) is 0.812. The molecule has 106 valence electrons. The highest BCUT2D eigenvalue weighted by atomic mass is 16.1. The average Bonchev–Trinajstić information content (AvgIpc) is 2.34. The Hall–Kier alpha value is -0.790. The summed E-state index contributed by atoms with van der Waals surface area (Å²) < 4.78 is 0. The molecule has 0 aromatic carbocycles. The van der Waals surface area contributed by atoms with Gasteiger partial charge in [-0.2, -0.15) is 0 Å². The average molecular weight is 253 g/mol. The number of rotatable bonds is 12. The lowest BCUT2D eigenvalue weighted by Gasteiger charge is -2.00. The normalized spacial score (nSPS) is 11.0. The quantitative estimate of drug-likeness (QED) is 0.400. The van der Waals surface area contributed by atoms with Gasteiger partial charge in [-0.05, 0) is 12.8 Å². The summed E-state index contributed by atoms with van der Waals surface area (Å²) >= 11 is 0. The van der Waals surface area contributed by atoms with Gasteiger partial charge in [0, 0.05) is 13.5 Å². The highest BCUT2D eigenvalue weighted by molar-refractivity contribution is 5.72. The van der Waals surface area contributed by atoms with E-state index in [1.807, 2.05) is 6.08 Å². The van der Waals surface area contributed by atoms with Crippen molar-refractivity contribution in [1.29, 1.82) is 0 Å². The van der Waals surface area contributed by atoms with Gasteiger partial charge in [-0.3, -0.25) is 4.79 Å². The van der Waals surface area contributed by atoms with Crippen molar-refractivity contribution in [3.8, 4) is 0 Å². The fourth-order valence-corrected chi connectivity index (χ4v) is 1.98. The van der Waals surface area contributed by atoms with Crippen molar-refractivity contribution in [2.75, 3.05) is 6.54 Å². The Labute approximate surface area is 113 Å². The number of hydrogen-bond acceptors (Lipinski definition) is 1. The van der Waals surface area contributed by atoms with Crippen molar-refractivity contribution < 1.29 is 4.79 Å². The zero-order valence-electron chi connectivity index (χ0n) is 12.3. The molecule has 0 aliphatic heterocycles. The van der Waals surface area contributed by atoms with E-state index in [2.05, 4.69) is 18.3 Å². The van der Waals surface area contributed by atoms with Crippen LogP contribution in [-0.2, 0) is 4.79 Å². The summed E-state index contributed by atoms with van der Waals surface area (Å²) in [6.45, 7) is 4.49. The summed E-state index contributed by atoms with van der Waals surface area (Å²) in [6, 6.07) is 0. The number of allylic oxidation sites excluding steroid dienone is 1. The number of hydrogen-bond donors (Lipinski definition) is 1. The molecule has 0 rings (SSSR count). The maximum atomic E-state index is 10.6. The van der Waals surface area contributed by atoms with Gasteiger partial charge < -0.3 is 5.32 Å². The molecular weight excluding hydrogens is 222 g/mol. The first-order chi connectivity index (χ1) is 8.77. The summed E-state index contributed by atoms with van der Waals surface area (Å²) in [4.78, 5) is 10.6. The summed E-state index contributed by atoms with van der Waals surface area (Å²) in [5.41, 5.74) is 0. The number of carbonyl (C=O) groups is 1. The van der Waals surface area contributed by atoms with Gasteiger partial charge in [0.15, 0.2) is 0 Å². The van der Waals surface area contributed by atoms with Crippen LogP contribution in [0.5, 0.6) is 0 Å². The first kappa shape index (κ1) is 17.2. The van der Waals surface area contributed by atoms with Crippen LogP contribution in [0.3, 0.4) is 0 Å². The second-order valence-corrected chi connectivity index (χ2v) is 5.03. The first-order valence-corrected chi connectivity index (χ1v) is 7.66. The van der Waals surface area contributed by atoms with Crippen molar-refractivity contribution in [3.63, 3.8) is 0 Å². The smallest absolute Gasteiger partial charge is 0.217 e. The van der Waals surface area contributed by atoms with Crippen molar-refractivity contribution in [1.82, 2.24) is 5.32 Å². The van der Waals surface area contributed by atoms with E-state index in [0.29, 0.717) is 6.54 Å². The summed E-state index contributed by atoms with van der Waals surface area (Å²) in [5.74, 6) is 0.0442. The minimum atomic E-state index is 0.0442. The maximum Gasteiger partial charge on any atom is 0.217 e. The Balaban J connectivity index is 3.04. The van der Waals surface area contributed by atoms with Gasteiger partial charge >= 0.3 is 0 Å². The van der Waals surface area contributed by atoms with Crippen LogP contribution in [0.15, 0.2) is 12.2 Å². The zero-order chi connectivity index (χ0) is 13.5. The van der Waals surface area contributed by atoms with E-state index in [1.165, 1.54) is 57.8 Å². The molecule has 2 nitrogen and oxygen atoms in total. The minimum Gasteiger partial charge on any atom is -0.353 e. The monoisotopic (exact) mass is 253 g/mol. The molecule has 1 N–H and O–H groups in total. The summed E-state index contributed by atoms with van der Waals surface area (Å²) in [6.07, 6.45) is 17.8. The largest absolute Gasteiger partial charge is 0.353 e. The van der Waals surface area contributed by atoms with Crippen molar-refractivity contribution in [2.45, 2.75) is 78.1 Å². The van der Waals surface area contributed by atoms with Crippen LogP contribution in [0.25, 0.3) is 0 Å². The molecule has 0 aliphatic carbocycles. The van der Waals surface area contributed by atoms with Gasteiger partial charge in [-0.25, -0.2) is 0 Å². The molecule has 0 spiro atoms. The van der Waals surface area contributed by atoms with Crippen molar-refractivity contribution in [3.05, 3.63) is 12.2 Å². The van der Waals surface area contributed by atoms with Gasteiger partial charge in [-0.15, -0.1) is 0 Å². The van der Waals surface area contributed by atoms with E-state index in [4.69, 9.17) is 0 Å². The minimum absolute atomic E-state index is 0.0442. The van der Waals surface area contributed by atoms with Crippen molar-refractivity contribution in [2.24, 2.45) is 0 Å². The van der Waals surface area contributed by atoms with E-state index in [0.717, 1.165) is 6.42 Å². The lowest BCUT2D eigenvalue weighted by molar-refractivity contribution is -0.118. The molecule has 18 heavy (non-hydrogen) atoms. The topological polar surface area (TPSA) is 29.1 Å². The molecule has 0 aromatic rings. The van der Waals surface area contributed by atoms with Gasteiger partial charge in [0.05, 0.1) is 0 Å². The molecule has 0 heterocycles. The molecule has 1 amide bonds. The maximum absolute atomic E-state index is 10.6. The highest BCUT2D eigenvalue weighted by Gasteiger charge is 1.91. The molecule has 0 bridgehead atoms. The third-order valence-corrected chi connectivity index (χ3v) is 3.11. The highest BCUT2D eigenvalue weighted by Crippen LogP contribution is 2.10. The molecule has 0 aromatic heterocycles. The summed E-state index contributed by atoms with van der Waals surface area (Å²) in [7, 11) is 0. The summed E-state index contributed by atoms with van der Waals surface area (Å²) in [5, 5.41) is 2.76. The van der Waals surface area contributed by atoms with Gasteiger partial charge in [-0.1, -0.05) is 70.4 Å². The zero-order valence-corrected chi connectivity index (χ0v) is 12.3. The van der Waals surface area contributed by atoms with Crippen LogP contribution >= 0.6 is 0 Å². The SMILES string of the molecule is CCCCCCCCCCCC=CCNC(C)=O. The van der Waals surface area contributed by atoms with Crippen LogP contribution in [0.4, 0.5) is 0 Å². The van der Waals surface area contributed by atoms with Gasteiger partial charge in [0.25, 0.3) is 0 Å². The number of unbranched alkanes of at least 4 members (excludes halogenated alkanes) is 9. The van der Waals surface area contributed by atoms with Crippen LogP contribution in [0.1, 0.15) is 78.1 Å². The lowest BCUT2D eigenvalue weighted by atomic mass is 10.1. The number of carbonyl (C=O) groups excluding carboxylic acids is 1.